The number of aliphatic carboxylic acids is 1. The Morgan fingerprint density at radius 2 is 1.69 bits per heavy atom. The third kappa shape index (κ3) is 3.81. The number of benzene rings is 1. The maximum absolute atomic E-state index is 12.0. The minimum absolute atomic E-state index is 0.0604. The van der Waals surface area contributed by atoms with Crippen LogP contribution in [0.5, 0.6) is 0 Å². The zero-order valence-corrected chi connectivity index (χ0v) is 15.1. The zero-order valence-electron chi connectivity index (χ0n) is 15.1. The topological polar surface area (TPSA) is 81.2 Å². The fourth-order valence-corrected chi connectivity index (χ4v) is 3.55. The van der Waals surface area contributed by atoms with Gasteiger partial charge in [0.1, 0.15) is 0 Å². The Morgan fingerprint density at radius 1 is 1.08 bits per heavy atom. The van der Waals surface area contributed by atoms with Crippen molar-refractivity contribution in [2.45, 2.75) is 26.2 Å². The molecule has 2 aliphatic heterocycles. The first-order chi connectivity index (χ1) is 12.5. The van der Waals surface area contributed by atoms with Crippen LogP contribution >= 0.6 is 0 Å². The second-order valence-electron chi connectivity index (χ2n) is 6.88. The molecule has 1 N–H and O–H groups in total. The quantitative estimate of drug-likeness (QED) is 0.863. The number of carbonyl (C=O) groups is 3. The van der Waals surface area contributed by atoms with Gasteiger partial charge in [-0.1, -0.05) is 6.92 Å². The molecule has 7 heteroatoms. The Bertz CT molecular complexity index is 681. The Kier molecular flexibility index (Phi) is 5.44. The molecule has 1 aromatic rings. The first-order valence-corrected chi connectivity index (χ1v) is 9.15. The third-order valence-electron chi connectivity index (χ3n) is 5.10. The van der Waals surface area contributed by atoms with Crippen molar-refractivity contribution in [1.82, 2.24) is 4.90 Å². The molecule has 26 heavy (non-hydrogen) atoms. The maximum atomic E-state index is 12.0. The molecular formula is C19H25N3O4. The highest BCUT2D eigenvalue weighted by Gasteiger charge is 2.35. The van der Waals surface area contributed by atoms with Crippen LogP contribution in [0.2, 0.25) is 0 Å². The van der Waals surface area contributed by atoms with Gasteiger partial charge in [0.2, 0.25) is 11.8 Å². The van der Waals surface area contributed by atoms with Crippen LogP contribution in [-0.4, -0.2) is 60.5 Å². The van der Waals surface area contributed by atoms with Gasteiger partial charge in [-0.3, -0.25) is 14.4 Å². The van der Waals surface area contributed by atoms with Crippen LogP contribution in [0, 0.1) is 5.92 Å². The van der Waals surface area contributed by atoms with Crippen LogP contribution in [0.3, 0.4) is 0 Å². The number of amides is 2. The Morgan fingerprint density at radius 3 is 2.23 bits per heavy atom. The molecule has 2 fully saturated rings. The summed E-state index contributed by atoms with van der Waals surface area (Å²) in [6, 6.07) is 7.65. The second-order valence-corrected chi connectivity index (χ2v) is 6.88. The summed E-state index contributed by atoms with van der Waals surface area (Å²) in [7, 11) is 0. The molecule has 2 aliphatic rings. The molecule has 2 heterocycles. The molecule has 0 bridgehead atoms. The Balaban J connectivity index is 1.60. The molecule has 1 unspecified atom stereocenters. The Hall–Kier alpha value is -2.57. The minimum atomic E-state index is -0.923. The molecule has 0 aliphatic carbocycles. The summed E-state index contributed by atoms with van der Waals surface area (Å²) in [5.74, 6) is -1.47. The summed E-state index contributed by atoms with van der Waals surface area (Å²) in [6.07, 6.45) is 1.54. The molecule has 0 saturated carbocycles. The van der Waals surface area contributed by atoms with Crippen LogP contribution < -0.4 is 9.80 Å². The normalized spacial score (nSPS) is 20.6. The predicted octanol–water partition coefficient (Wildman–Crippen LogP) is 1.57. The standard InChI is InChI=1S/C19H25N3O4/c1-2-3-17(23)21-10-8-20(9-11-21)15-4-6-16(7-5-15)22-13-14(19(25)26)12-18(22)24/h4-7,14H,2-3,8-13H2,1H3,(H,25,26). The highest BCUT2D eigenvalue weighted by Crippen LogP contribution is 2.27. The van der Waals surface area contributed by atoms with E-state index in [0.717, 1.165) is 44.0 Å². The van der Waals surface area contributed by atoms with Crippen LogP contribution in [-0.2, 0) is 14.4 Å². The van der Waals surface area contributed by atoms with Crippen LogP contribution in [0.4, 0.5) is 11.4 Å². The van der Waals surface area contributed by atoms with Crippen molar-refractivity contribution >= 4 is 29.2 Å². The van der Waals surface area contributed by atoms with Crippen LogP contribution in [0.25, 0.3) is 0 Å². The number of rotatable bonds is 5. The lowest BCUT2D eigenvalue weighted by Gasteiger charge is -2.36. The van der Waals surface area contributed by atoms with Crippen molar-refractivity contribution in [2.75, 3.05) is 42.5 Å². The van der Waals surface area contributed by atoms with Gasteiger partial charge in [0.15, 0.2) is 0 Å². The molecule has 1 atom stereocenters. The number of nitrogens with zero attached hydrogens (tertiary/aromatic N) is 3. The summed E-state index contributed by atoms with van der Waals surface area (Å²) in [4.78, 5) is 40.8. The van der Waals surface area contributed by atoms with Crippen LogP contribution in [0.15, 0.2) is 24.3 Å². The van der Waals surface area contributed by atoms with Gasteiger partial charge in [0.25, 0.3) is 0 Å². The molecule has 2 saturated heterocycles. The van der Waals surface area contributed by atoms with Gasteiger partial charge < -0.3 is 19.8 Å². The number of hydrogen-bond donors (Lipinski definition) is 1. The number of carboxylic acid groups (broad SMARTS) is 1. The summed E-state index contributed by atoms with van der Waals surface area (Å²) in [5.41, 5.74) is 1.79. The number of carbonyl (C=O) groups excluding carboxylic acids is 2. The molecule has 0 spiro atoms. The first-order valence-electron chi connectivity index (χ1n) is 9.15. The fraction of sp³-hybridized carbons (Fsp3) is 0.526. The van der Waals surface area contributed by atoms with Gasteiger partial charge in [-0.25, -0.2) is 0 Å². The minimum Gasteiger partial charge on any atom is -0.481 e. The summed E-state index contributed by atoms with van der Waals surface area (Å²) < 4.78 is 0. The van der Waals surface area contributed by atoms with E-state index in [0.29, 0.717) is 6.42 Å². The van der Waals surface area contributed by atoms with Crippen molar-refractivity contribution in [3.63, 3.8) is 0 Å². The average Bonchev–Trinajstić information content (AvgIpc) is 3.04. The van der Waals surface area contributed by atoms with E-state index in [1.807, 2.05) is 36.1 Å². The number of anilines is 2. The molecule has 0 radical (unpaired) electrons. The number of carboxylic acids is 1. The number of hydrogen-bond acceptors (Lipinski definition) is 4. The third-order valence-corrected chi connectivity index (χ3v) is 5.10. The van der Waals surface area contributed by atoms with Gasteiger partial charge in [-0.15, -0.1) is 0 Å². The molecule has 3 rings (SSSR count). The largest absolute Gasteiger partial charge is 0.481 e. The molecule has 140 valence electrons. The van der Waals surface area contributed by atoms with Crippen molar-refractivity contribution < 1.29 is 19.5 Å². The maximum Gasteiger partial charge on any atom is 0.308 e. The summed E-state index contributed by atoms with van der Waals surface area (Å²) in [6.45, 7) is 5.28. The SMILES string of the molecule is CCCC(=O)N1CCN(c2ccc(N3CC(C(=O)O)CC3=O)cc2)CC1. The molecule has 2 amide bonds. The lowest BCUT2D eigenvalue weighted by molar-refractivity contribution is -0.141. The molecule has 7 nitrogen and oxygen atoms in total. The average molecular weight is 359 g/mol. The van der Waals surface area contributed by atoms with Gasteiger partial charge >= 0.3 is 5.97 Å². The van der Waals surface area contributed by atoms with Crippen molar-refractivity contribution in [3.8, 4) is 0 Å². The van der Waals surface area contributed by atoms with Gasteiger partial charge in [0.05, 0.1) is 5.92 Å². The number of piperazine rings is 1. The van der Waals surface area contributed by atoms with E-state index in [-0.39, 0.29) is 24.8 Å². The fourth-order valence-electron chi connectivity index (χ4n) is 3.55. The lowest BCUT2D eigenvalue weighted by Crippen LogP contribution is -2.48. The monoisotopic (exact) mass is 359 g/mol. The van der Waals surface area contributed by atoms with Crippen molar-refractivity contribution in [2.24, 2.45) is 5.92 Å². The predicted molar refractivity (Wildman–Crippen MR) is 98.2 cm³/mol. The van der Waals surface area contributed by atoms with Crippen LogP contribution in [0.1, 0.15) is 26.2 Å². The van der Waals surface area contributed by atoms with E-state index in [2.05, 4.69) is 4.90 Å². The van der Waals surface area contributed by atoms with E-state index in [1.165, 1.54) is 0 Å². The molecular weight excluding hydrogens is 334 g/mol. The van der Waals surface area contributed by atoms with E-state index < -0.39 is 11.9 Å². The molecule has 1 aromatic carbocycles. The zero-order chi connectivity index (χ0) is 18.7. The smallest absolute Gasteiger partial charge is 0.308 e. The van der Waals surface area contributed by atoms with Gasteiger partial charge in [-0.2, -0.15) is 0 Å². The van der Waals surface area contributed by atoms with E-state index in [1.54, 1.807) is 4.90 Å². The Labute approximate surface area is 153 Å². The van der Waals surface area contributed by atoms with Crippen molar-refractivity contribution in [1.29, 1.82) is 0 Å². The highest BCUT2D eigenvalue weighted by molar-refractivity contribution is 5.99. The molecule has 0 aromatic heterocycles. The second kappa shape index (κ2) is 7.76. The summed E-state index contributed by atoms with van der Waals surface area (Å²) >= 11 is 0. The first kappa shape index (κ1) is 18.2. The highest BCUT2D eigenvalue weighted by atomic mass is 16.4. The van der Waals surface area contributed by atoms with Crippen molar-refractivity contribution in [3.05, 3.63) is 24.3 Å². The summed E-state index contributed by atoms with van der Waals surface area (Å²) in [5, 5.41) is 9.09. The van der Waals surface area contributed by atoms with E-state index in [9.17, 15) is 14.4 Å². The lowest BCUT2D eigenvalue weighted by atomic mass is 10.1. The van der Waals surface area contributed by atoms with Gasteiger partial charge in [-0.05, 0) is 30.7 Å². The van der Waals surface area contributed by atoms with Gasteiger partial charge in [0, 0.05) is 56.9 Å². The van der Waals surface area contributed by atoms with E-state index >= 15 is 0 Å². The van der Waals surface area contributed by atoms with E-state index in [4.69, 9.17) is 5.11 Å².